The lowest BCUT2D eigenvalue weighted by atomic mass is 9.79. The average molecular weight is 330 g/mol. The number of aliphatic hydroxyl groups is 1. The van der Waals surface area contributed by atoms with Gasteiger partial charge in [0.2, 0.25) is 0 Å². The summed E-state index contributed by atoms with van der Waals surface area (Å²) in [6.45, 7) is -0.263. The summed E-state index contributed by atoms with van der Waals surface area (Å²) in [6.07, 6.45) is -1.14. The van der Waals surface area contributed by atoms with Crippen molar-refractivity contribution >= 4 is 12.6 Å². The first-order valence-electron chi connectivity index (χ1n) is 7.61. The van der Waals surface area contributed by atoms with Crippen LogP contribution < -0.4 is 16.7 Å². The van der Waals surface area contributed by atoms with E-state index in [9.17, 15) is 14.7 Å². The molecule has 2 aliphatic heterocycles. The van der Waals surface area contributed by atoms with Gasteiger partial charge in [-0.1, -0.05) is 30.3 Å². The summed E-state index contributed by atoms with van der Waals surface area (Å²) < 4.78 is 18.8. The number of nitrogens with one attached hydrogen (secondary N) is 1. The Hall–Kier alpha value is -2.20. The van der Waals surface area contributed by atoms with Crippen LogP contribution in [0.15, 0.2) is 52.2 Å². The Morgan fingerprint density at radius 1 is 1.12 bits per heavy atom. The first kappa shape index (κ1) is 15.3. The van der Waals surface area contributed by atoms with Crippen molar-refractivity contribution in [3.8, 4) is 0 Å². The predicted molar refractivity (Wildman–Crippen MR) is 83.9 cm³/mol. The van der Waals surface area contributed by atoms with Gasteiger partial charge in [-0.3, -0.25) is 14.3 Å². The Morgan fingerprint density at radius 2 is 1.88 bits per heavy atom. The van der Waals surface area contributed by atoms with Gasteiger partial charge in [-0.25, -0.2) is 4.79 Å². The fourth-order valence-corrected chi connectivity index (χ4v) is 3.10. The molecule has 0 amide bonds. The van der Waals surface area contributed by atoms with Crippen molar-refractivity contribution < 1.29 is 19.2 Å². The minimum atomic E-state index is -0.787. The number of benzene rings is 1. The van der Waals surface area contributed by atoms with Crippen molar-refractivity contribution in [1.29, 1.82) is 0 Å². The second-order valence-corrected chi connectivity index (χ2v) is 5.71. The molecule has 0 saturated carbocycles. The van der Waals surface area contributed by atoms with Gasteiger partial charge in [0.15, 0.2) is 6.23 Å². The zero-order valence-corrected chi connectivity index (χ0v) is 12.6. The number of ether oxygens (including phenoxy) is 1. The molecule has 2 aromatic rings. The summed E-state index contributed by atoms with van der Waals surface area (Å²) in [6, 6.07) is 10.6. The lowest BCUT2D eigenvalue weighted by molar-refractivity contribution is -0.0606. The first-order valence-corrected chi connectivity index (χ1v) is 7.61. The molecule has 24 heavy (non-hydrogen) atoms. The van der Waals surface area contributed by atoms with E-state index in [-0.39, 0.29) is 6.61 Å². The standard InChI is InChI=1S/C15H15BN2O6/c19-8-10-12-13(24-16(23-12)9-4-2-1-3-5-9)14(22-10)18-7-6-11(20)17-15(18)21/h1-7,10,12-14,19H,8H2,(H,17,20,21)/t10-,12-,13-,14-/m1/s1. The van der Waals surface area contributed by atoms with Gasteiger partial charge >= 0.3 is 12.8 Å². The molecule has 3 heterocycles. The number of H-pyrrole nitrogens is 1. The van der Waals surface area contributed by atoms with E-state index in [1.165, 1.54) is 16.8 Å². The molecule has 0 radical (unpaired) electrons. The van der Waals surface area contributed by atoms with Gasteiger partial charge in [0.1, 0.15) is 18.3 Å². The molecule has 2 fully saturated rings. The van der Waals surface area contributed by atoms with E-state index in [0.29, 0.717) is 0 Å². The van der Waals surface area contributed by atoms with Gasteiger partial charge in [-0.15, -0.1) is 0 Å². The number of aliphatic hydroxyl groups excluding tert-OH is 1. The number of aromatic amines is 1. The van der Waals surface area contributed by atoms with Crippen molar-refractivity contribution in [2.24, 2.45) is 0 Å². The summed E-state index contributed by atoms with van der Waals surface area (Å²) in [7, 11) is -0.597. The minimum absolute atomic E-state index is 0.263. The van der Waals surface area contributed by atoms with E-state index < -0.39 is 42.9 Å². The Kier molecular flexibility index (Phi) is 3.85. The van der Waals surface area contributed by atoms with Crippen LogP contribution in [-0.2, 0) is 14.0 Å². The molecule has 4 atom stereocenters. The monoisotopic (exact) mass is 330 g/mol. The summed E-state index contributed by atoms with van der Waals surface area (Å²) in [5.74, 6) is 0. The Balaban J connectivity index is 1.66. The summed E-state index contributed by atoms with van der Waals surface area (Å²) >= 11 is 0. The van der Waals surface area contributed by atoms with Crippen LogP contribution in [0.1, 0.15) is 6.23 Å². The van der Waals surface area contributed by atoms with Crippen LogP contribution in [0.25, 0.3) is 0 Å². The van der Waals surface area contributed by atoms with Crippen molar-refractivity contribution in [1.82, 2.24) is 9.55 Å². The van der Waals surface area contributed by atoms with Gasteiger partial charge < -0.3 is 19.2 Å². The van der Waals surface area contributed by atoms with Crippen molar-refractivity contribution in [3.63, 3.8) is 0 Å². The molecular weight excluding hydrogens is 315 g/mol. The summed E-state index contributed by atoms with van der Waals surface area (Å²) in [5, 5.41) is 9.54. The average Bonchev–Trinajstić information content (AvgIpc) is 3.15. The van der Waals surface area contributed by atoms with Gasteiger partial charge in [0, 0.05) is 12.3 Å². The highest BCUT2D eigenvalue weighted by Crippen LogP contribution is 2.37. The molecule has 124 valence electrons. The molecule has 4 rings (SSSR count). The number of nitrogens with zero attached hydrogens (tertiary/aromatic N) is 1. The minimum Gasteiger partial charge on any atom is -0.399 e. The van der Waals surface area contributed by atoms with E-state index >= 15 is 0 Å². The van der Waals surface area contributed by atoms with E-state index in [1.807, 2.05) is 30.3 Å². The van der Waals surface area contributed by atoms with Crippen LogP contribution in [0.4, 0.5) is 0 Å². The van der Waals surface area contributed by atoms with Crippen LogP contribution in [0.2, 0.25) is 0 Å². The number of rotatable bonds is 3. The smallest absolute Gasteiger partial charge is 0.399 e. The number of fused-ring (bicyclic) bond motifs is 1. The fraction of sp³-hybridized carbons (Fsp3) is 0.333. The van der Waals surface area contributed by atoms with Crippen LogP contribution in [-0.4, -0.2) is 46.7 Å². The largest absolute Gasteiger partial charge is 0.494 e. The molecule has 0 unspecified atom stereocenters. The highest BCUT2D eigenvalue weighted by Gasteiger charge is 2.54. The van der Waals surface area contributed by atoms with Crippen LogP contribution >= 0.6 is 0 Å². The molecule has 1 aromatic carbocycles. The number of hydrogen-bond acceptors (Lipinski definition) is 6. The Labute approximate surface area is 136 Å². The molecule has 2 N–H and O–H groups in total. The third kappa shape index (κ3) is 2.51. The third-order valence-corrected chi connectivity index (χ3v) is 4.22. The zero-order valence-electron chi connectivity index (χ0n) is 12.6. The maximum atomic E-state index is 12.0. The van der Waals surface area contributed by atoms with Crippen LogP contribution in [0.5, 0.6) is 0 Å². The predicted octanol–water partition coefficient (Wildman–Crippen LogP) is -1.39. The van der Waals surface area contributed by atoms with Gasteiger partial charge in [-0.2, -0.15) is 0 Å². The SMILES string of the molecule is O=c1ccn([C@@H]2O[C@H](CO)[C@H]3OB(c4ccccc4)O[C@H]32)c(=O)[nH]1. The summed E-state index contributed by atoms with van der Waals surface area (Å²) in [5.41, 5.74) is -0.247. The lowest BCUT2D eigenvalue weighted by Gasteiger charge is -2.19. The third-order valence-electron chi connectivity index (χ3n) is 4.22. The maximum Gasteiger partial charge on any atom is 0.494 e. The molecule has 0 aliphatic carbocycles. The molecule has 0 spiro atoms. The van der Waals surface area contributed by atoms with E-state index in [0.717, 1.165) is 5.46 Å². The first-order chi connectivity index (χ1) is 11.7. The number of aromatic nitrogens is 2. The van der Waals surface area contributed by atoms with Crippen molar-refractivity contribution in [2.75, 3.05) is 6.61 Å². The van der Waals surface area contributed by atoms with E-state index in [2.05, 4.69) is 4.98 Å². The Bertz CT molecular complexity index is 838. The highest BCUT2D eigenvalue weighted by molar-refractivity contribution is 6.61. The molecule has 9 heteroatoms. The van der Waals surface area contributed by atoms with Crippen molar-refractivity contribution in [2.45, 2.75) is 24.5 Å². The quantitative estimate of drug-likeness (QED) is 0.672. The highest BCUT2D eigenvalue weighted by atomic mass is 16.7. The molecule has 0 bridgehead atoms. The van der Waals surface area contributed by atoms with Gasteiger partial charge in [0.05, 0.1) is 6.61 Å². The number of hydrogen-bond donors (Lipinski definition) is 2. The normalized spacial score (nSPS) is 29.0. The molecule has 8 nitrogen and oxygen atoms in total. The van der Waals surface area contributed by atoms with Crippen LogP contribution in [0.3, 0.4) is 0 Å². The van der Waals surface area contributed by atoms with E-state index in [1.54, 1.807) is 0 Å². The second-order valence-electron chi connectivity index (χ2n) is 5.71. The topological polar surface area (TPSA) is 103 Å². The fourth-order valence-electron chi connectivity index (χ4n) is 3.10. The molecule has 2 saturated heterocycles. The van der Waals surface area contributed by atoms with Gasteiger partial charge in [0.25, 0.3) is 5.56 Å². The molecule has 2 aliphatic rings. The van der Waals surface area contributed by atoms with E-state index in [4.69, 9.17) is 14.0 Å². The Morgan fingerprint density at radius 3 is 2.58 bits per heavy atom. The van der Waals surface area contributed by atoms with Crippen LogP contribution in [0, 0.1) is 0 Å². The lowest BCUT2D eigenvalue weighted by Crippen LogP contribution is -2.38. The molecule has 1 aromatic heterocycles. The molecular formula is C15H15BN2O6. The maximum absolute atomic E-state index is 12.0. The zero-order chi connectivity index (χ0) is 16.7. The second kappa shape index (κ2) is 6.02. The van der Waals surface area contributed by atoms with Gasteiger partial charge in [-0.05, 0) is 5.46 Å². The van der Waals surface area contributed by atoms with Crippen molar-refractivity contribution in [3.05, 3.63) is 63.4 Å². The summed E-state index contributed by atoms with van der Waals surface area (Å²) in [4.78, 5) is 25.5.